The van der Waals surface area contributed by atoms with Crippen molar-refractivity contribution in [3.05, 3.63) is 127 Å². The van der Waals surface area contributed by atoms with E-state index < -0.39 is 46.9 Å². The minimum atomic E-state index is -1.30. The smallest absolute Gasteiger partial charge is 0.329 e. The lowest BCUT2D eigenvalue weighted by Crippen LogP contribution is -2.60. The van der Waals surface area contributed by atoms with Gasteiger partial charge in [0.15, 0.2) is 0 Å². The molecule has 1 aliphatic carbocycles. The van der Waals surface area contributed by atoms with Gasteiger partial charge in [-0.05, 0) is 110 Å². The molecule has 68 heavy (non-hydrogen) atoms. The molecule has 356 valence electrons. The highest BCUT2D eigenvalue weighted by Gasteiger charge is 2.72. The van der Waals surface area contributed by atoms with Crippen LogP contribution in [-0.2, 0) is 38.0 Å². The third-order valence-corrected chi connectivity index (χ3v) is 15.8. The van der Waals surface area contributed by atoms with Gasteiger partial charge in [0.05, 0.1) is 28.2 Å². The highest BCUT2D eigenvalue weighted by atomic mass is 35.5. The van der Waals surface area contributed by atoms with Crippen molar-refractivity contribution in [3.8, 4) is 0 Å². The second-order valence-corrected chi connectivity index (χ2v) is 19.8. The summed E-state index contributed by atoms with van der Waals surface area (Å²) in [6, 6.07) is 21.1. The maximum Gasteiger partial charge on any atom is 0.329 e. The maximum absolute atomic E-state index is 16.3. The molecule has 5 aliphatic rings. The van der Waals surface area contributed by atoms with Crippen LogP contribution in [0.4, 0.5) is 15.8 Å². The van der Waals surface area contributed by atoms with Crippen LogP contribution in [0.2, 0.25) is 10.0 Å². The molecular weight excluding hydrogens is 913 g/mol. The van der Waals surface area contributed by atoms with Crippen LogP contribution in [0, 0.1) is 5.82 Å². The predicted molar refractivity (Wildman–Crippen MR) is 257 cm³/mol. The van der Waals surface area contributed by atoms with Gasteiger partial charge in [-0.3, -0.25) is 33.6 Å². The summed E-state index contributed by atoms with van der Waals surface area (Å²) < 4.78 is 25.7. The third-order valence-electron chi connectivity index (χ3n) is 15.2. The number of piperidine rings is 2. The second-order valence-electron chi connectivity index (χ2n) is 19.0. The van der Waals surface area contributed by atoms with Crippen LogP contribution in [0.5, 0.6) is 0 Å². The molecule has 4 aromatic carbocycles. The Morgan fingerprint density at radius 3 is 2.44 bits per heavy atom. The summed E-state index contributed by atoms with van der Waals surface area (Å²) in [5.41, 5.74) is 2.53. The van der Waals surface area contributed by atoms with E-state index in [0.717, 1.165) is 30.3 Å². The molecule has 14 nitrogen and oxygen atoms in total. The van der Waals surface area contributed by atoms with Gasteiger partial charge in [-0.25, -0.2) is 9.18 Å². The standard InChI is InChI=1S/C51H54Cl2FN7O7/c1-59-44-29(8-5-12-38(44)61(49(59)67)39-19-20-40(62)57-45(39)63)9-7-27-68-33-21-25-60(26-22-33)47(65)30-13-16-32(17-14-30)55-46(64)43-41(34-10-6-11-36(53)42(34)54)51(50(58-43)23-3-2-4-24-50)35-18-15-31(52)28-37(35)56-48(51)66/h5-6,8,10-18,28,33,39,41,43,46,55,58,64H,2-4,7,9,19-27H2,1H3,(H,56,66)(H,57,62,63)/t39?,41-,43+,46?,51+/m0/s1. The SMILES string of the molecule is Cn1c(=O)n(C2CCC(=O)NC2=O)c2cccc(CCCOC3CCN(C(=O)c4ccc(NC(O)[C@@H]5NC6(CCCCC6)[C@@]6(C(=O)Nc7cc(Cl)ccc76)[C@H]5c5cccc(Cl)c5F)cc4)CC3)c21. The molecule has 5 aromatic rings. The summed E-state index contributed by atoms with van der Waals surface area (Å²) in [5.74, 6) is -2.70. The van der Waals surface area contributed by atoms with Crippen LogP contribution in [-0.4, -0.2) is 86.4 Å². The lowest BCUT2D eigenvalue weighted by molar-refractivity contribution is -0.135. The van der Waals surface area contributed by atoms with Gasteiger partial charge in [-0.1, -0.05) is 72.8 Å². The third kappa shape index (κ3) is 7.80. The van der Waals surface area contributed by atoms with E-state index in [4.69, 9.17) is 27.9 Å². The molecule has 2 spiro atoms. The summed E-state index contributed by atoms with van der Waals surface area (Å²) in [7, 11) is 1.70. The zero-order valence-corrected chi connectivity index (χ0v) is 39.2. The highest BCUT2D eigenvalue weighted by molar-refractivity contribution is 6.31. The van der Waals surface area contributed by atoms with Crippen molar-refractivity contribution in [1.82, 2.24) is 24.7 Å². The molecule has 5 N–H and O–H groups in total. The van der Waals surface area contributed by atoms with E-state index >= 15 is 4.39 Å². The van der Waals surface area contributed by atoms with Gasteiger partial charge in [0.25, 0.3) is 5.91 Å². The number of fused-ring (bicyclic) bond motifs is 4. The number of nitrogens with one attached hydrogen (secondary N) is 4. The number of rotatable bonds is 11. The van der Waals surface area contributed by atoms with Crippen LogP contribution in [0.15, 0.2) is 83.7 Å². The van der Waals surface area contributed by atoms with Crippen LogP contribution in [0.25, 0.3) is 11.0 Å². The van der Waals surface area contributed by atoms with Crippen LogP contribution in [0.3, 0.4) is 0 Å². The molecule has 10 rings (SSSR count). The van der Waals surface area contributed by atoms with Crippen LogP contribution in [0.1, 0.15) is 103 Å². The number of aliphatic hydroxyl groups is 1. The molecule has 1 saturated carbocycles. The normalized spacial score (nSPS) is 24.1. The fraction of sp³-hybridized carbons (Fsp3) is 0.431. The summed E-state index contributed by atoms with van der Waals surface area (Å²) >= 11 is 12.9. The molecule has 4 fully saturated rings. The Kier molecular flexibility index (Phi) is 12.5. The summed E-state index contributed by atoms with van der Waals surface area (Å²) in [6.45, 7) is 1.55. The van der Waals surface area contributed by atoms with Gasteiger partial charge in [-0.15, -0.1) is 0 Å². The van der Waals surface area contributed by atoms with Gasteiger partial charge < -0.3 is 30.7 Å². The topological polar surface area (TPSA) is 176 Å². The molecule has 4 aliphatic heterocycles. The van der Waals surface area contributed by atoms with E-state index in [9.17, 15) is 29.1 Å². The second kappa shape index (κ2) is 18.4. The van der Waals surface area contributed by atoms with E-state index in [1.807, 2.05) is 29.2 Å². The van der Waals surface area contributed by atoms with E-state index in [1.54, 1.807) is 60.1 Å². The van der Waals surface area contributed by atoms with Crippen molar-refractivity contribution in [1.29, 1.82) is 0 Å². The number of ether oxygens (including phenoxy) is 1. The first-order valence-electron chi connectivity index (χ1n) is 23.6. The number of aromatic nitrogens is 2. The van der Waals surface area contributed by atoms with Gasteiger partial charge in [0, 0.05) is 66.6 Å². The Labute approximate surface area is 402 Å². The number of para-hydroxylation sites is 1. The summed E-state index contributed by atoms with van der Waals surface area (Å²) in [6.07, 6.45) is 5.83. The number of aliphatic hydroxyl groups excluding tert-OH is 1. The van der Waals surface area contributed by atoms with Crippen molar-refractivity contribution in [2.45, 2.75) is 112 Å². The Morgan fingerprint density at radius 2 is 1.69 bits per heavy atom. The Bertz CT molecular complexity index is 2870. The number of carbonyl (C=O) groups excluding carboxylic acids is 4. The molecular formula is C51H54Cl2FN7O7. The molecule has 1 aromatic heterocycles. The molecule has 17 heteroatoms. The number of amides is 4. The number of nitrogens with zero attached hydrogens (tertiary/aromatic N) is 3. The average molecular weight is 967 g/mol. The number of halogens is 3. The molecule has 4 amide bonds. The minimum Gasteiger partial charge on any atom is -0.378 e. The molecule has 5 heterocycles. The molecule has 2 unspecified atom stereocenters. The van der Waals surface area contributed by atoms with Crippen molar-refractivity contribution >= 4 is 69.2 Å². The zero-order valence-electron chi connectivity index (χ0n) is 37.7. The Balaban J connectivity index is 0.779. The van der Waals surface area contributed by atoms with Crippen molar-refractivity contribution in [2.24, 2.45) is 7.05 Å². The number of carbonyl (C=O) groups is 4. The first-order valence-corrected chi connectivity index (χ1v) is 24.4. The fourth-order valence-electron chi connectivity index (χ4n) is 12.2. The van der Waals surface area contributed by atoms with Gasteiger partial charge >= 0.3 is 5.69 Å². The van der Waals surface area contributed by atoms with Gasteiger partial charge in [-0.2, -0.15) is 0 Å². The van der Waals surface area contributed by atoms with Crippen LogP contribution < -0.4 is 27.0 Å². The van der Waals surface area contributed by atoms with Crippen LogP contribution >= 0.6 is 23.2 Å². The number of imidazole rings is 1. The monoisotopic (exact) mass is 965 g/mol. The lowest BCUT2D eigenvalue weighted by Gasteiger charge is -2.47. The average Bonchev–Trinajstić information content (AvgIpc) is 3.89. The van der Waals surface area contributed by atoms with E-state index in [0.29, 0.717) is 91.3 Å². The number of aryl methyl sites for hydroxylation is 2. The van der Waals surface area contributed by atoms with Gasteiger partial charge in [0.2, 0.25) is 17.7 Å². The summed E-state index contributed by atoms with van der Waals surface area (Å²) in [5, 5.41) is 25.0. The van der Waals surface area contributed by atoms with Crippen molar-refractivity contribution < 1.29 is 33.4 Å². The Morgan fingerprint density at radius 1 is 0.941 bits per heavy atom. The molecule has 0 radical (unpaired) electrons. The van der Waals surface area contributed by atoms with E-state index in [-0.39, 0.29) is 52.9 Å². The number of anilines is 2. The van der Waals surface area contributed by atoms with Crippen molar-refractivity contribution in [3.63, 3.8) is 0 Å². The number of benzene rings is 4. The number of hydrogen-bond donors (Lipinski definition) is 5. The number of likely N-dealkylation sites (tertiary alicyclic amines) is 1. The predicted octanol–water partition coefficient (Wildman–Crippen LogP) is 7.10. The van der Waals surface area contributed by atoms with Crippen molar-refractivity contribution in [2.75, 3.05) is 30.3 Å². The lowest BCUT2D eigenvalue weighted by atomic mass is 9.55. The first-order chi connectivity index (χ1) is 32.8. The summed E-state index contributed by atoms with van der Waals surface area (Å²) in [4.78, 5) is 68.0. The number of hydrogen-bond acceptors (Lipinski definition) is 9. The van der Waals surface area contributed by atoms with Gasteiger partial charge in [0.1, 0.15) is 23.5 Å². The maximum atomic E-state index is 16.3. The molecule has 3 saturated heterocycles. The zero-order chi connectivity index (χ0) is 47.5. The molecule has 5 atom stereocenters. The highest BCUT2D eigenvalue weighted by Crippen LogP contribution is 2.63. The molecule has 0 bridgehead atoms. The Hall–Kier alpha value is -5.58. The number of imide groups is 1. The minimum absolute atomic E-state index is 0.0113. The van der Waals surface area contributed by atoms with E-state index in [1.165, 1.54) is 10.6 Å². The first kappa shape index (κ1) is 46.2. The quantitative estimate of drug-likeness (QED) is 0.0526. The fourth-order valence-corrected chi connectivity index (χ4v) is 12.5. The van der Waals surface area contributed by atoms with E-state index in [2.05, 4.69) is 21.3 Å². The largest absolute Gasteiger partial charge is 0.378 e.